The Bertz CT molecular complexity index is 1550. The number of likely N-dealkylation sites (N-methyl/N-ethyl adjacent to an activating group) is 1. The molecule has 3 atom stereocenters. The van der Waals surface area contributed by atoms with Crippen LogP contribution in [0.4, 0.5) is 11.5 Å². The van der Waals surface area contributed by atoms with Gasteiger partial charge >= 0.3 is 0 Å². The molecule has 0 spiro atoms. The lowest BCUT2D eigenvalue weighted by atomic mass is 9.84. The second kappa shape index (κ2) is 11.8. The van der Waals surface area contributed by atoms with Gasteiger partial charge in [-0.15, -0.1) is 6.58 Å². The van der Waals surface area contributed by atoms with Crippen molar-refractivity contribution in [2.75, 3.05) is 55.5 Å². The first-order valence-electron chi connectivity index (χ1n) is 15.8. The highest BCUT2D eigenvalue weighted by atomic mass is 32.2. The van der Waals surface area contributed by atoms with Crippen molar-refractivity contribution in [2.45, 2.75) is 56.7 Å². The molecular formula is C33H44N6O4S. The molecule has 236 valence electrons. The number of sulfonamides is 1. The number of carbonyl (C=O) groups excluding carboxylic acids is 2. The highest BCUT2D eigenvalue weighted by molar-refractivity contribution is 7.94. The van der Waals surface area contributed by atoms with E-state index >= 15 is 0 Å². The van der Waals surface area contributed by atoms with E-state index in [-0.39, 0.29) is 36.2 Å². The highest BCUT2D eigenvalue weighted by Gasteiger charge is 2.57. The summed E-state index contributed by atoms with van der Waals surface area (Å²) in [5.41, 5.74) is 3.28. The van der Waals surface area contributed by atoms with E-state index in [0.29, 0.717) is 43.5 Å². The van der Waals surface area contributed by atoms with Crippen LogP contribution in [-0.4, -0.2) is 87.2 Å². The van der Waals surface area contributed by atoms with Crippen LogP contribution in [0.3, 0.4) is 0 Å². The van der Waals surface area contributed by atoms with Crippen molar-refractivity contribution in [2.24, 2.45) is 11.8 Å². The van der Waals surface area contributed by atoms with Gasteiger partial charge < -0.3 is 20.4 Å². The molecule has 4 aliphatic rings. The monoisotopic (exact) mass is 620 g/mol. The van der Waals surface area contributed by atoms with Crippen LogP contribution in [0.15, 0.2) is 43.1 Å². The van der Waals surface area contributed by atoms with Crippen molar-refractivity contribution < 1.29 is 18.0 Å². The molecule has 0 radical (unpaired) electrons. The number of rotatable bonds is 9. The van der Waals surface area contributed by atoms with Crippen molar-refractivity contribution in [3.63, 3.8) is 0 Å². The molecule has 1 saturated carbocycles. The number of anilines is 2. The zero-order chi connectivity index (χ0) is 31.2. The third-order valence-corrected chi connectivity index (χ3v) is 12.6. The minimum absolute atomic E-state index is 0.0451. The summed E-state index contributed by atoms with van der Waals surface area (Å²) >= 11 is 0. The van der Waals surface area contributed by atoms with Gasteiger partial charge in [0.1, 0.15) is 5.82 Å². The van der Waals surface area contributed by atoms with E-state index in [1.54, 1.807) is 12.3 Å². The number of hydrogen-bond donors (Lipinski definition) is 2. The maximum atomic E-state index is 14.0. The van der Waals surface area contributed by atoms with E-state index in [9.17, 15) is 18.0 Å². The Hall–Kier alpha value is -3.44. The summed E-state index contributed by atoms with van der Waals surface area (Å²) in [5, 5.41) is 6.01. The number of pyridine rings is 1. The lowest BCUT2D eigenvalue weighted by Crippen LogP contribution is -2.50. The number of aromatic nitrogens is 1. The third-order valence-electron chi connectivity index (χ3n) is 9.99. The Labute approximate surface area is 260 Å². The highest BCUT2D eigenvalue weighted by Crippen LogP contribution is 2.51. The molecule has 2 N–H and O–H groups in total. The van der Waals surface area contributed by atoms with Crippen LogP contribution in [0.1, 0.15) is 55.5 Å². The smallest absolute Gasteiger partial charge is 0.251 e. The first kappa shape index (κ1) is 30.6. The van der Waals surface area contributed by atoms with Crippen molar-refractivity contribution in [3.8, 4) is 11.1 Å². The number of amides is 2. The molecule has 6 rings (SSSR count). The average molecular weight is 621 g/mol. The Morgan fingerprint density at radius 1 is 1.14 bits per heavy atom. The van der Waals surface area contributed by atoms with Crippen LogP contribution in [0, 0.1) is 11.8 Å². The molecule has 2 aromatic rings. The second-order valence-electron chi connectivity index (χ2n) is 13.2. The molecule has 0 bridgehead atoms. The molecule has 1 aromatic carbocycles. The van der Waals surface area contributed by atoms with E-state index in [1.807, 2.05) is 38.1 Å². The summed E-state index contributed by atoms with van der Waals surface area (Å²) in [4.78, 5) is 35.8. The summed E-state index contributed by atoms with van der Waals surface area (Å²) in [7, 11) is -1.55. The topological polar surface area (TPSA) is 115 Å². The number of nitrogens with zero attached hydrogens (tertiary/aromatic N) is 4. The van der Waals surface area contributed by atoms with Crippen molar-refractivity contribution in [1.29, 1.82) is 0 Å². The molecule has 3 unspecified atom stereocenters. The minimum atomic E-state index is -3.67. The van der Waals surface area contributed by atoms with Gasteiger partial charge in [-0.05, 0) is 87.4 Å². The van der Waals surface area contributed by atoms with E-state index in [4.69, 9.17) is 4.98 Å². The molecule has 2 saturated heterocycles. The van der Waals surface area contributed by atoms with Crippen LogP contribution in [0.25, 0.3) is 11.1 Å². The number of piperidine rings is 1. The Morgan fingerprint density at radius 2 is 1.89 bits per heavy atom. The first-order chi connectivity index (χ1) is 21.0. The van der Waals surface area contributed by atoms with Crippen molar-refractivity contribution >= 4 is 33.3 Å². The molecule has 1 aromatic heterocycles. The van der Waals surface area contributed by atoms with Crippen LogP contribution in [0.5, 0.6) is 0 Å². The predicted octanol–water partition coefficient (Wildman–Crippen LogP) is 3.19. The zero-order valence-corrected chi connectivity index (χ0v) is 26.8. The second-order valence-corrected chi connectivity index (χ2v) is 15.4. The number of fused-ring (bicyclic) bond motifs is 1. The zero-order valence-electron chi connectivity index (χ0n) is 26.0. The molecule has 10 nitrogen and oxygen atoms in total. The molecule has 2 amide bonds. The van der Waals surface area contributed by atoms with Crippen LogP contribution >= 0.6 is 0 Å². The summed E-state index contributed by atoms with van der Waals surface area (Å²) < 4.78 is 28.7. The van der Waals surface area contributed by atoms with E-state index in [2.05, 4.69) is 34.1 Å². The summed E-state index contributed by atoms with van der Waals surface area (Å²) in [6.07, 6.45) is 6.42. The van der Waals surface area contributed by atoms with Gasteiger partial charge in [-0.2, -0.15) is 0 Å². The molecular weight excluding hydrogens is 576 g/mol. The van der Waals surface area contributed by atoms with E-state index in [0.717, 1.165) is 55.1 Å². The van der Waals surface area contributed by atoms with Gasteiger partial charge in [0.05, 0.1) is 16.4 Å². The molecule has 44 heavy (non-hydrogen) atoms. The maximum absolute atomic E-state index is 14.0. The standard InChI is InChI=1S/C33H44N6O4S/c1-5-9-33(10-11-33)44(42,43)39-12-8-26-27(31(40)35-21-28-22(2)17-23(3)36-32(28)41)18-25(19-29(26)39)24-6-7-30(34-20-24)38-15-13-37(4)14-16-38/h5-7,18-20,22-23,28H,1,8-17,21H2,2-4H3,(H,35,40)(H,36,41). The number of allylic oxidation sites excluding steroid dienone is 1. The van der Waals surface area contributed by atoms with Crippen LogP contribution < -0.4 is 19.8 Å². The number of hydrogen-bond acceptors (Lipinski definition) is 7. The van der Waals surface area contributed by atoms with Crippen LogP contribution in [0.2, 0.25) is 0 Å². The van der Waals surface area contributed by atoms with E-state index in [1.165, 1.54) is 4.31 Å². The third kappa shape index (κ3) is 5.60. The molecule has 3 fully saturated rings. The van der Waals surface area contributed by atoms with E-state index < -0.39 is 14.8 Å². The molecule has 4 heterocycles. The normalized spacial score (nSPS) is 24.9. The van der Waals surface area contributed by atoms with Gasteiger partial charge in [0.2, 0.25) is 15.9 Å². The average Bonchev–Trinajstić information content (AvgIpc) is 3.66. The lowest BCUT2D eigenvalue weighted by Gasteiger charge is -2.33. The van der Waals surface area contributed by atoms with Gasteiger partial charge in [0.25, 0.3) is 5.91 Å². The number of nitrogens with one attached hydrogen (secondary N) is 2. The summed E-state index contributed by atoms with van der Waals surface area (Å²) in [6.45, 7) is 12.1. The summed E-state index contributed by atoms with van der Waals surface area (Å²) in [5.74, 6) is 0.385. The maximum Gasteiger partial charge on any atom is 0.251 e. The quantitative estimate of drug-likeness (QED) is 0.414. The first-order valence-corrected chi connectivity index (χ1v) is 17.3. The number of carbonyl (C=O) groups is 2. The predicted molar refractivity (Wildman–Crippen MR) is 173 cm³/mol. The largest absolute Gasteiger partial charge is 0.354 e. The van der Waals surface area contributed by atoms with Crippen LogP contribution in [-0.2, 0) is 21.2 Å². The number of piperazine rings is 1. The van der Waals surface area contributed by atoms with Crippen molar-refractivity contribution in [1.82, 2.24) is 20.5 Å². The van der Waals surface area contributed by atoms with Crippen molar-refractivity contribution in [3.05, 3.63) is 54.2 Å². The lowest BCUT2D eigenvalue weighted by molar-refractivity contribution is -0.129. The molecule has 3 aliphatic heterocycles. The van der Waals surface area contributed by atoms with Gasteiger partial charge in [0, 0.05) is 62.6 Å². The number of benzene rings is 1. The fraction of sp³-hybridized carbons (Fsp3) is 0.545. The fourth-order valence-electron chi connectivity index (χ4n) is 7.06. The SMILES string of the molecule is C=CCC1(S(=O)(=O)N2CCc3c(C(=O)NCC4C(=O)NC(C)CC4C)cc(-c4ccc(N5CCN(C)CC5)nc4)cc32)CC1. The van der Waals surface area contributed by atoms with Gasteiger partial charge in [-0.25, -0.2) is 13.4 Å². The Balaban J connectivity index is 1.33. The van der Waals surface area contributed by atoms with Gasteiger partial charge in [0.15, 0.2) is 0 Å². The minimum Gasteiger partial charge on any atom is -0.354 e. The Morgan fingerprint density at radius 3 is 2.52 bits per heavy atom. The molecule has 1 aliphatic carbocycles. The molecule has 11 heteroatoms. The Kier molecular flexibility index (Phi) is 8.21. The van der Waals surface area contributed by atoms with Gasteiger partial charge in [-0.1, -0.05) is 13.0 Å². The fourth-order valence-corrected chi connectivity index (χ4v) is 9.23. The van der Waals surface area contributed by atoms with Gasteiger partial charge in [-0.3, -0.25) is 13.9 Å². The summed E-state index contributed by atoms with van der Waals surface area (Å²) in [6, 6.07) is 7.85.